The van der Waals surface area contributed by atoms with Crippen LogP contribution >= 0.6 is 0 Å². The van der Waals surface area contributed by atoms with Gasteiger partial charge >= 0.3 is 0 Å². The summed E-state index contributed by atoms with van der Waals surface area (Å²) in [5.41, 5.74) is 9.68. The van der Waals surface area contributed by atoms with Crippen molar-refractivity contribution in [3.63, 3.8) is 0 Å². The molecule has 0 spiro atoms. The van der Waals surface area contributed by atoms with Crippen LogP contribution in [0.2, 0.25) is 0 Å². The fourth-order valence-corrected chi connectivity index (χ4v) is 1.32. The lowest BCUT2D eigenvalue weighted by Gasteiger charge is -2.24. The highest BCUT2D eigenvalue weighted by Gasteiger charge is 2.29. The Morgan fingerprint density at radius 3 is 2.08 bits per heavy atom. The quantitative estimate of drug-likeness (QED) is 0.634. The maximum Gasteiger partial charge on any atom is 0.223 e. The molecule has 0 aliphatic rings. The van der Waals surface area contributed by atoms with Crippen LogP contribution in [-0.2, 0) is 9.59 Å². The molecule has 4 nitrogen and oxygen atoms in total. The van der Waals surface area contributed by atoms with Gasteiger partial charge in [-0.3, -0.25) is 9.59 Å². The Hall–Kier alpha value is -1.06. The fraction of sp³-hybridized carbons (Fsp3) is 0.778. The van der Waals surface area contributed by atoms with E-state index in [0.717, 1.165) is 6.42 Å². The lowest BCUT2D eigenvalue weighted by Crippen LogP contribution is -2.35. The second-order valence-electron chi connectivity index (χ2n) is 3.64. The highest BCUT2D eigenvalue weighted by molar-refractivity contribution is 5.81. The molecule has 0 aliphatic heterocycles. The van der Waals surface area contributed by atoms with Gasteiger partial charge in [0, 0.05) is 11.8 Å². The minimum atomic E-state index is -0.580. The molecule has 76 valence electrons. The molecule has 4 N–H and O–H groups in total. The number of amides is 2. The Morgan fingerprint density at radius 1 is 1.23 bits per heavy atom. The van der Waals surface area contributed by atoms with Gasteiger partial charge in [-0.2, -0.15) is 0 Å². The van der Waals surface area contributed by atoms with Gasteiger partial charge < -0.3 is 11.5 Å². The average molecular weight is 186 g/mol. The molecule has 0 fully saturated rings. The third-order valence-corrected chi connectivity index (χ3v) is 2.32. The zero-order chi connectivity index (χ0) is 10.5. The average Bonchev–Trinajstić information content (AvgIpc) is 2.01. The number of carbonyl (C=O) groups excluding carboxylic acids is 2. The number of hydrogen-bond acceptors (Lipinski definition) is 2. The number of primary amides is 2. The van der Waals surface area contributed by atoms with Crippen molar-refractivity contribution in [3.05, 3.63) is 0 Å². The molecular weight excluding hydrogens is 168 g/mol. The predicted molar refractivity (Wildman–Crippen MR) is 50.6 cm³/mol. The van der Waals surface area contributed by atoms with Gasteiger partial charge in [0.05, 0.1) is 0 Å². The molecule has 0 radical (unpaired) electrons. The standard InChI is InChI=1S/C9H18N2O2/c1-3-5-9(2,8(11)13)6-4-7(10)12/h3-6H2,1-2H3,(H2,10,12)(H2,11,13). The molecule has 0 rings (SSSR count). The maximum absolute atomic E-state index is 11.1. The molecule has 0 aliphatic carbocycles. The Kier molecular flexibility index (Phi) is 4.45. The second-order valence-corrected chi connectivity index (χ2v) is 3.64. The summed E-state index contributed by atoms with van der Waals surface area (Å²) in [7, 11) is 0. The van der Waals surface area contributed by atoms with E-state index >= 15 is 0 Å². The van der Waals surface area contributed by atoms with E-state index in [0.29, 0.717) is 12.8 Å². The molecule has 0 bridgehead atoms. The number of hydrogen-bond donors (Lipinski definition) is 2. The van der Waals surface area contributed by atoms with E-state index < -0.39 is 5.41 Å². The van der Waals surface area contributed by atoms with Crippen molar-refractivity contribution in [2.45, 2.75) is 39.5 Å². The van der Waals surface area contributed by atoms with Crippen molar-refractivity contribution in [2.75, 3.05) is 0 Å². The van der Waals surface area contributed by atoms with Crippen LogP contribution in [0.3, 0.4) is 0 Å². The normalized spacial score (nSPS) is 14.9. The van der Waals surface area contributed by atoms with Gasteiger partial charge in [-0.15, -0.1) is 0 Å². The third-order valence-electron chi connectivity index (χ3n) is 2.32. The predicted octanol–water partition coefficient (Wildman–Crippen LogP) is 0.544. The summed E-state index contributed by atoms with van der Waals surface area (Å²) < 4.78 is 0. The first kappa shape index (κ1) is 11.9. The Bertz CT molecular complexity index is 204. The SMILES string of the molecule is CCCC(C)(CCC(N)=O)C(N)=O. The van der Waals surface area contributed by atoms with Crippen LogP contribution in [0, 0.1) is 5.41 Å². The van der Waals surface area contributed by atoms with E-state index in [9.17, 15) is 9.59 Å². The lowest BCUT2D eigenvalue weighted by molar-refractivity contribution is -0.128. The van der Waals surface area contributed by atoms with E-state index in [2.05, 4.69) is 0 Å². The van der Waals surface area contributed by atoms with Gasteiger partial charge in [0.2, 0.25) is 11.8 Å². The van der Waals surface area contributed by atoms with Crippen LogP contribution < -0.4 is 11.5 Å². The summed E-state index contributed by atoms with van der Waals surface area (Å²) in [6.07, 6.45) is 2.25. The van der Waals surface area contributed by atoms with Crippen LogP contribution in [0.4, 0.5) is 0 Å². The van der Waals surface area contributed by atoms with Gasteiger partial charge in [-0.1, -0.05) is 20.3 Å². The molecular formula is C9H18N2O2. The summed E-state index contributed by atoms with van der Waals surface area (Å²) in [4.78, 5) is 21.6. The number of carbonyl (C=O) groups is 2. The smallest absolute Gasteiger partial charge is 0.223 e. The van der Waals surface area contributed by atoms with Crippen molar-refractivity contribution >= 4 is 11.8 Å². The van der Waals surface area contributed by atoms with Gasteiger partial charge in [-0.05, 0) is 12.8 Å². The van der Waals surface area contributed by atoms with Crippen LogP contribution in [0.25, 0.3) is 0 Å². The minimum Gasteiger partial charge on any atom is -0.370 e. The molecule has 13 heavy (non-hydrogen) atoms. The Labute approximate surface area is 78.7 Å². The van der Waals surface area contributed by atoms with Gasteiger partial charge in [0.25, 0.3) is 0 Å². The Balaban J connectivity index is 4.24. The van der Waals surface area contributed by atoms with Crippen molar-refractivity contribution in [2.24, 2.45) is 16.9 Å². The van der Waals surface area contributed by atoms with Crippen molar-refractivity contribution < 1.29 is 9.59 Å². The zero-order valence-corrected chi connectivity index (χ0v) is 8.30. The molecule has 0 aromatic heterocycles. The van der Waals surface area contributed by atoms with Gasteiger partial charge in [0.15, 0.2) is 0 Å². The first-order valence-electron chi connectivity index (χ1n) is 4.50. The number of nitrogens with two attached hydrogens (primary N) is 2. The summed E-state index contributed by atoms with van der Waals surface area (Å²) >= 11 is 0. The largest absolute Gasteiger partial charge is 0.370 e. The van der Waals surface area contributed by atoms with E-state index in [4.69, 9.17) is 11.5 Å². The Morgan fingerprint density at radius 2 is 1.77 bits per heavy atom. The van der Waals surface area contributed by atoms with Crippen molar-refractivity contribution in [1.29, 1.82) is 0 Å². The van der Waals surface area contributed by atoms with Gasteiger partial charge in [0.1, 0.15) is 0 Å². The summed E-state index contributed by atoms with van der Waals surface area (Å²) in [6, 6.07) is 0. The highest BCUT2D eigenvalue weighted by Crippen LogP contribution is 2.28. The van der Waals surface area contributed by atoms with Crippen LogP contribution in [0.5, 0.6) is 0 Å². The zero-order valence-electron chi connectivity index (χ0n) is 8.30. The highest BCUT2D eigenvalue weighted by atomic mass is 16.1. The monoisotopic (exact) mass is 186 g/mol. The second kappa shape index (κ2) is 4.84. The van der Waals surface area contributed by atoms with Gasteiger partial charge in [-0.25, -0.2) is 0 Å². The summed E-state index contributed by atoms with van der Waals surface area (Å²) in [5, 5.41) is 0. The van der Waals surface area contributed by atoms with E-state index in [1.54, 1.807) is 6.92 Å². The summed E-state index contributed by atoms with van der Waals surface area (Å²) in [6.45, 7) is 3.76. The van der Waals surface area contributed by atoms with E-state index in [1.165, 1.54) is 0 Å². The van der Waals surface area contributed by atoms with E-state index in [1.807, 2.05) is 6.92 Å². The third kappa shape index (κ3) is 3.92. The fourth-order valence-electron chi connectivity index (χ4n) is 1.32. The van der Waals surface area contributed by atoms with Crippen molar-refractivity contribution in [3.8, 4) is 0 Å². The molecule has 1 unspecified atom stereocenters. The molecule has 1 atom stereocenters. The molecule has 0 saturated carbocycles. The molecule has 2 amide bonds. The summed E-state index contributed by atoms with van der Waals surface area (Å²) in [5.74, 6) is -0.737. The maximum atomic E-state index is 11.1. The topological polar surface area (TPSA) is 86.2 Å². The van der Waals surface area contributed by atoms with Crippen LogP contribution in [0.1, 0.15) is 39.5 Å². The molecule has 4 heteroatoms. The van der Waals surface area contributed by atoms with Crippen molar-refractivity contribution in [1.82, 2.24) is 0 Å². The number of rotatable bonds is 6. The minimum absolute atomic E-state index is 0.222. The van der Waals surface area contributed by atoms with E-state index in [-0.39, 0.29) is 18.2 Å². The first-order chi connectivity index (χ1) is 5.92. The molecule has 0 saturated heterocycles. The lowest BCUT2D eigenvalue weighted by atomic mass is 9.80. The van der Waals surface area contributed by atoms with Crippen LogP contribution in [-0.4, -0.2) is 11.8 Å². The molecule has 0 aromatic carbocycles. The first-order valence-corrected chi connectivity index (χ1v) is 4.50. The molecule has 0 aromatic rings. The van der Waals surface area contributed by atoms with Crippen LogP contribution in [0.15, 0.2) is 0 Å². The molecule has 0 heterocycles.